The van der Waals surface area contributed by atoms with Crippen molar-refractivity contribution in [1.82, 2.24) is 4.98 Å². The summed E-state index contributed by atoms with van der Waals surface area (Å²) in [6.07, 6.45) is 0.934. The van der Waals surface area contributed by atoms with Crippen LogP contribution in [0.15, 0.2) is 24.3 Å². The number of hydrogen-bond acceptors (Lipinski definition) is 4. The molecule has 0 amide bonds. The number of Topliss-reactive ketones (excluding diaryl/α,β-unsaturated/α-hetero) is 1. The van der Waals surface area contributed by atoms with Gasteiger partial charge in [-0.25, -0.2) is 4.79 Å². The van der Waals surface area contributed by atoms with E-state index in [-0.39, 0.29) is 17.9 Å². The number of carbonyl (C=O) groups is 2. The van der Waals surface area contributed by atoms with Crippen LogP contribution in [0, 0.1) is 13.8 Å². The molecule has 1 N–H and O–H groups in total. The molecule has 1 aliphatic rings. The lowest BCUT2D eigenvalue weighted by Crippen LogP contribution is -2.43. The maximum absolute atomic E-state index is 13.2. The second kappa shape index (κ2) is 6.39. The van der Waals surface area contributed by atoms with Crippen LogP contribution in [0.25, 0.3) is 0 Å². The van der Waals surface area contributed by atoms with Crippen LogP contribution in [0.5, 0.6) is 0 Å². The fourth-order valence-corrected chi connectivity index (χ4v) is 3.92. The van der Waals surface area contributed by atoms with Crippen LogP contribution in [0.1, 0.15) is 51.5 Å². The molecule has 2 atom stereocenters. The van der Waals surface area contributed by atoms with Crippen LogP contribution >= 0.6 is 0 Å². The Morgan fingerprint density at radius 2 is 1.96 bits per heavy atom. The average molecular weight is 340 g/mol. The van der Waals surface area contributed by atoms with Gasteiger partial charge in [-0.1, -0.05) is 18.2 Å². The van der Waals surface area contributed by atoms with Gasteiger partial charge in [-0.2, -0.15) is 0 Å². The van der Waals surface area contributed by atoms with Crippen molar-refractivity contribution >= 4 is 17.4 Å². The molecule has 0 aliphatic carbocycles. The summed E-state index contributed by atoms with van der Waals surface area (Å²) in [6.45, 7) is 7.64. The zero-order valence-corrected chi connectivity index (χ0v) is 15.3. The number of nitrogens with zero attached hydrogens (tertiary/aromatic N) is 1. The van der Waals surface area contributed by atoms with E-state index < -0.39 is 5.97 Å². The number of ketones is 1. The first-order valence-electron chi connectivity index (χ1n) is 8.54. The summed E-state index contributed by atoms with van der Waals surface area (Å²) >= 11 is 0. The van der Waals surface area contributed by atoms with Crippen molar-refractivity contribution in [2.75, 3.05) is 12.0 Å². The number of nitrogens with one attached hydrogen (secondary N) is 1. The number of anilines is 1. The van der Waals surface area contributed by atoms with E-state index in [4.69, 9.17) is 4.74 Å². The molecule has 2 aromatic rings. The molecule has 0 fully saturated rings. The first-order chi connectivity index (χ1) is 11.9. The standard InChI is InChI=1S/C20H24N2O3/c1-11-10-15-8-6-7-9-16(15)22(11)14(4)19(23)18-12(2)17(13(3)21-18)20(24)25-5/h6-9,11,14,21H,10H2,1-5H3/t11-,14-/m1/s1. The number of esters is 1. The molecular weight excluding hydrogens is 316 g/mol. The number of carbonyl (C=O) groups excluding carboxylic acids is 2. The molecular formula is C20H24N2O3. The number of methoxy groups -OCH3 is 1. The molecule has 0 saturated heterocycles. The Bertz CT molecular complexity index is 837. The number of rotatable bonds is 4. The highest BCUT2D eigenvalue weighted by atomic mass is 16.5. The number of benzene rings is 1. The van der Waals surface area contributed by atoms with Gasteiger partial charge in [0.05, 0.1) is 24.4 Å². The largest absolute Gasteiger partial charge is 0.465 e. The number of aromatic amines is 1. The molecule has 0 unspecified atom stereocenters. The zero-order valence-electron chi connectivity index (χ0n) is 15.3. The Labute approximate surface area is 148 Å². The molecule has 5 heteroatoms. The summed E-state index contributed by atoms with van der Waals surface area (Å²) in [6, 6.07) is 8.15. The quantitative estimate of drug-likeness (QED) is 0.684. The highest BCUT2D eigenvalue weighted by Crippen LogP contribution is 2.34. The normalized spacial score (nSPS) is 17.3. The van der Waals surface area contributed by atoms with E-state index in [1.54, 1.807) is 13.8 Å². The maximum Gasteiger partial charge on any atom is 0.339 e. The predicted molar refractivity (Wildman–Crippen MR) is 97.5 cm³/mol. The second-order valence-electron chi connectivity index (χ2n) is 6.75. The zero-order chi connectivity index (χ0) is 18.3. The molecule has 0 radical (unpaired) electrons. The minimum absolute atomic E-state index is 0.0145. The van der Waals surface area contributed by atoms with E-state index in [0.717, 1.165) is 12.1 Å². The van der Waals surface area contributed by atoms with Crippen LogP contribution < -0.4 is 4.90 Å². The van der Waals surface area contributed by atoms with Crippen molar-refractivity contribution in [1.29, 1.82) is 0 Å². The fourth-order valence-electron chi connectivity index (χ4n) is 3.92. The fraction of sp³-hybridized carbons (Fsp3) is 0.400. The van der Waals surface area contributed by atoms with Gasteiger partial charge in [-0.05, 0) is 51.3 Å². The molecule has 5 nitrogen and oxygen atoms in total. The Hall–Kier alpha value is -2.56. The summed E-state index contributed by atoms with van der Waals surface area (Å²) in [5.41, 5.74) is 4.64. The lowest BCUT2D eigenvalue weighted by Gasteiger charge is -2.30. The van der Waals surface area contributed by atoms with Crippen molar-refractivity contribution in [3.05, 3.63) is 52.3 Å². The van der Waals surface area contributed by atoms with E-state index in [9.17, 15) is 9.59 Å². The number of fused-ring (bicyclic) bond motifs is 1. The number of hydrogen-bond donors (Lipinski definition) is 1. The van der Waals surface area contributed by atoms with Crippen LogP contribution in [-0.4, -0.2) is 35.9 Å². The number of H-pyrrole nitrogens is 1. The van der Waals surface area contributed by atoms with Crippen molar-refractivity contribution in [3.63, 3.8) is 0 Å². The van der Waals surface area contributed by atoms with E-state index in [1.807, 2.05) is 19.1 Å². The minimum Gasteiger partial charge on any atom is -0.465 e. The third-order valence-corrected chi connectivity index (χ3v) is 5.13. The molecule has 1 aromatic heterocycles. The van der Waals surface area contributed by atoms with Crippen molar-refractivity contribution in [2.45, 2.75) is 46.2 Å². The first kappa shape index (κ1) is 17.3. The van der Waals surface area contributed by atoms with Gasteiger partial charge in [0.25, 0.3) is 0 Å². The Kier molecular flexibility index (Phi) is 4.41. The van der Waals surface area contributed by atoms with Gasteiger partial charge in [0.15, 0.2) is 0 Å². The second-order valence-corrected chi connectivity index (χ2v) is 6.75. The molecule has 1 aromatic carbocycles. The van der Waals surface area contributed by atoms with Gasteiger partial charge in [0.2, 0.25) is 5.78 Å². The van der Waals surface area contributed by atoms with Crippen molar-refractivity contribution in [3.8, 4) is 0 Å². The van der Waals surface area contributed by atoms with Gasteiger partial charge in [0.1, 0.15) is 0 Å². The summed E-state index contributed by atoms with van der Waals surface area (Å²) in [5.74, 6) is -0.433. The van der Waals surface area contributed by atoms with E-state index in [2.05, 4.69) is 28.9 Å². The van der Waals surface area contributed by atoms with Gasteiger partial charge in [0, 0.05) is 17.4 Å². The van der Waals surface area contributed by atoms with Gasteiger partial charge >= 0.3 is 5.97 Å². The topological polar surface area (TPSA) is 62.4 Å². The maximum atomic E-state index is 13.2. The molecule has 25 heavy (non-hydrogen) atoms. The van der Waals surface area contributed by atoms with Gasteiger partial charge in [-0.3, -0.25) is 4.79 Å². The monoisotopic (exact) mass is 340 g/mol. The lowest BCUT2D eigenvalue weighted by atomic mass is 10.0. The molecule has 1 aliphatic heterocycles. The third-order valence-electron chi connectivity index (χ3n) is 5.13. The highest BCUT2D eigenvalue weighted by molar-refractivity contribution is 6.05. The minimum atomic E-state index is -0.419. The van der Waals surface area contributed by atoms with Crippen LogP contribution in [0.2, 0.25) is 0 Å². The summed E-state index contributed by atoms with van der Waals surface area (Å²) in [7, 11) is 1.35. The van der Waals surface area contributed by atoms with Gasteiger partial charge < -0.3 is 14.6 Å². The van der Waals surface area contributed by atoms with Crippen molar-refractivity contribution in [2.24, 2.45) is 0 Å². The molecule has 0 spiro atoms. The molecule has 2 heterocycles. The molecule has 132 valence electrons. The molecule has 0 bridgehead atoms. The Morgan fingerprint density at radius 3 is 2.64 bits per heavy atom. The van der Waals surface area contributed by atoms with Crippen molar-refractivity contribution < 1.29 is 14.3 Å². The summed E-state index contributed by atoms with van der Waals surface area (Å²) in [5, 5.41) is 0. The lowest BCUT2D eigenvalue weighted by molar-refractivity contribution is 0.0599. The number of ether oxygens (including phenoxy) is 1. The summed E-state index contributed by atoms with van der Waals surface area (Å²) in [4.78, 5) is 30.4. The Balaban J connectivity index is 1.96. The van der Waals surface area contributed by atoms with E-state index in [1.165, 1.54) is 12.7 Å². The van der Waals surface area contributed by atoms with Gasteiger partial charge in [-0.15, -0.1) is 0 Å². The average Bonchev–Trinajstić information content (AvgIpc) is 3.08. The summed E-state index contributed by atoms with van der Waals surface area (Å²) < 4.78 is 4.83. The smallest absolute Gasteiger partial charge is 0.339 e. The SMILES string of the molecule is COC(=O)c1c(C)[nH]c(C(=O)[C@@H](C)N2c3ccccc3C[C@H]2C)c1C. The van der Waals surface area contributed by atoms with Crippen LogP contribution in [0.3, 0.4) is 0 Å². The van der Waals surface area contributed by atoms with E-state index >= 15 is 0 Å². The van der Waals surface area contributed by atoms with Crippen LogP contribution in [0.4, 0.5) is 5.69 Å². The Morgan fingerprint density at radius 1 is 1.28 bits per heavy atom. The first-order valence-corrected chi connectivity index (χ1v) is 8.54. The third kappa shape index (κ3) is 2.73. The molecule has 3 rings (SSSR count). The van der Waals surface area contributed by atoms with E-state index in [0.29, 0.717) is 22.5 Å². The number of para-hydroxylation sites is 1. The molecule has 0 saturated carbocycles. The predicted octanol–water partition coefficient (Wildman–Crippen LogP) is 3.44. The highest BCUT2D eigenvalue weighted by Gasteiger charge is 2.35. The number of aryl methyl sites for hydroxylation is 1. The van der Waals surface area contributed by atoms with Crippen LogP contribution in [-0.2, 0) is 11.2 Å². The number of aromatic nitrogens is 1.